The first-order chi connectivity index (χ1) is 8.52. The first-order valence-corrected chi connectivity index (χ1v) is 5.87. The van der Waals surface area contributed by atoms with E-state index in [0.717, 1.165) is 24.2 Å². The molecule has 0 aromatic carbocycles. The molecule has 0 atom stereocenters. The minimum Gasteiger partial charge on any atom is -0.368 e. The minimum atomic E-state index is -0.397. The lowest BCUT2D eigenvalue weighted by Crippen LogP contribution is -2.32. The van der Waals surface area contributed by atoms with Gasteiger partial charge in [0.2, 0.25) is 5.91 Å². The third-order valence-electron chi connectivity index (χ3n) is 2.97. The van der Waals surface area contributed by atoms with E-state index in [4.69, 9.17) is 11.6 Å². The second-order valence-electron chi connectivity index (χ2n) is 4.62. The third kappa shape index (κ3) is 2.51. The van der Waals surface area contributed by atoms with Crippen molar-refractivity contribution in [1.82, 2.24) is 9.97 Å². The first kappa shape index (κ1) is 12.6. The fourth-order valence-corrected chi connectivity index (χ4v) is 1.87. The molecule has 1 aliphatic rings. The Labute approximate surface area is 106 Å². The van der Waals surface area contributed by atoms with Gasteiger partial charge in [0.05, 0.1) is 6.54 Å². The maximum atomic E-state index is 11.0. The molecule has 0 radical (unpaired) electrons. The van der Waals surface area contributed by atoms with Crippen LogP contribution < -0.4 is 21.9 Å². The number of hydrogen-bond acceptors (Lipinski definition) is 6. The quantitative estimate of drug-likeness (QED) is 0.496. The second kappa shape index (κ2) is 4.77. The molecule has 2 rings (SSSR count). The van der Waals surface area contributed by atoms with Crippen LogP contribution in [0.4, 0.5) is 11.6 Å². The molecular formula is C11H18N6O. The van der Waals surface area contributed by atoms with Crippen LogP contribution in [0, 0.1) is 6.92 Å². The zero-order valence-electron chi connectivity index (χ0n) is 10.6. The predicted molar refractivity (Wildman–Crippen MR) is 69.0 cm³/mol. The minimum absolute atomic E-state index is 0.117. The average Bonchev–Trinajstić information content (AvgIpc) is 3.12. The van der Waals surface area contributed by atoms with Gasteiger partial charge in [0.1, 0.15) is 17.5 Å². The molecule has 0 bridgehead atoms. The van der Waals surface area contributed by atoms with E-state index in [2.05, 4.69) is 15.4 Å². The van der Waals surface area contributed by atoms with Crippen molar-refractivity contribution in [3.05, 3.63) is 11.4 Å². The Hall–Kier alpha value is -1.89. The maximum absolute atomic E-state index is 11.0. The van der Waals surface area contributed by atoms with Crippen LogP contribution in [0.3, 0.4) is 0 Å². The summed E-state index contributed by atoms with van der Waals surface area (Å²) in [6.45, 7) is 1.98. The van der Waals surface area contributed by atoms with Crippen molar-refractivity contribution < 1.29 is 4.79 Å². The van der Waals surface area contributed by atoms with Crippen molar-refractivity contribution >= 4 is 17.5 Å². The number of primary amides is 1. The van der Waals surface area contributed by atoms with Crippen LogP contribution in [0.1, 0.15) is 30.1 Å². The fraction of sp³-hybridized carbons (Fsp3) is 0.545. The normalized spacial score (nSPS) is 14.4. The van der Waals surface area contributed by atoms with Crippen molar-refractivity contribution in [2.75, 3.05) is 23.9 Å². The van der Waals surface area contributed by atoms with Crippen LogP contribution in [-0.2, 0) is 4.79 Å². The Balaban J connectivity index is 2.37. The van der Waals surface area contributed by atoms with Gasteiger partial charge in [-0.25, -0.2) is 15.8 Å². The number of aromatic nitrogens is 2. The number of nitrogens with one attached hydrogen (secondary N) is 1. The summed E-state index contributed by atoms with van der Waals surface area (Å²) in [5, 5.41) is 0. The van der Waals surface area contributed by atoms with Crippen LogP contribution in [-0.4, -0.2) is 29.5 Å². The molecule has 1 heterocycles. The van der Waals surface area contributed by atoms with Crippen LogP contribution >= 0.6 is 0 Å². The Morgan fingerprint density at radius 1 is 1.50 bits per heavy atom. The smallest absolute Gasteiger partial charge is 0.236 e. The lowest BCUT2D eigenvalue weighted by Gasteiger charge is -2.20. The van der Waals surface area contributed by atoms with Gasteiger partial charge in [0, 0.05) is 18.5 Å². The molecule has 7 heteroatoms. The molecule has 0 unspecified atom stereocenters. The highest BCUT2D eigenvalue weighted by atomic mass is 16.1. The third-order valence-corrected chi connectivity index (χ3v) is 2.97. The summed E-state index contributed by atoms with van der Waals surface area (Å²) < 4.78 is 0. The number of nitrogen functional groups attached to an aromatic ring is 1. The monoisotopic (exact) mass is 250 g/mol. The van der Waals surface area contributed by atoms with Gasteiger partial charge in [-0.2, -0.15) is 0 Å². The predicted octanol–water partition coefficient (Wildman–Crippen LogP) is -0.130. The molecule has 0 aliphatic heterocycles. The number of nitrogens with two attached hydrogens (primary N) is 2. The van der Waals surface area contributed by atoms with Crippen molar-refractivity contribution in [2.45, 2.75) is 25.7 Å². The van der Waals surface area contributed by atoms with E-state index in [-0.39, 0.29) is 6.54 Å². The number of nitrogens with zero attached hydrogens (tertiary/aromatic N) is 3. The molecule has 0 spiro atoms. The Kier molecular flexibility index (Phi) is 3.33. The topological polar surface area (TPSA) is 110 Å². The van der Waals surface area contributed by atoms with E-state index in [1.54, 1.807) is 11.9 Å². The number of hydrogen-bond donors (Lipinski definition) is 3. The largest absolute Gasteiger partial charge is 0.368 e. The molecule has 1 aliphatic carbocycles. The molecule has 0 saturated heterocycles. The van der Waals surface area contributed by atoms with Gasteiger partial charge < -0.3 is 16.1 Å². The number of amides is 1. The number of rotatable bonds is 5. The van der Waals surface area contributed by atoms with Crippen molar-refractivity contribution in [2.24, 2.45) is 11.6 Å². The molecular weight excluding hydrogens is 232 g/mol. The SMILES string of the molecule is Cc1c(NN)nc(C2CC2)nc1N(C)CC(N)=O. The Bertz CT molecular complexity index is 471. The van der Waals surface area contributed by atoms with Crippen LogP contribution in [0.5, 0.6) is 0 Å². The number of carbonyl (C=O) groups excluding carboxylic acids is 1. The lowest BCUT2D eigenvalue weighted by atomic mass is 10.2. The molecule has 7 nitrogen and oxygen atoms in total. The second-order valence-corrected chi connectivity index (χ2v) is 4.62. The van der Waals surface area contributed by atoms with E-state index >= 15 is 0 Å². The number of hydrazine groups is 1. The Morgan fingerprint density at radius 2 is 2.17 bits per heavy atom. The van der Waals surface area contributed by atoms with Gasteiger partial charge in [0.15, 0.2) is 0 Å². The van der Waals surface area contributed by atoms with Gasteiger partial charge in [-0.3, -0.25) is 4.79 Å². The van der Waals surface area contributed by atoms with E-state index in [0.29, 0.717) is 17.6 Å². The molecule has 5 N–H and O–H groups in total. The Morgan fingerprint density at radius 3 is 2.67 bits per heavy atom. The summed E-state index contributed by atoms with van der Waals surface area (Å²) >= 11 is 0. The summed E-state index contributed by atoms with van der Waals surface area (Å²) in [7, 11) is 1.77. The molecule has 1 aromatic heterocycles. The van der Waals surface area contributed by atoms with Crippen LogP contribution in [0.25, 0.3) is 0 Å². The van der Waals surface area contributed by atoms with Crippen LogP contribution in [0.15, 0.2) is 0 Å². The van der Waals surface area contributed by atoms with Gasteiger partial charge >= 0.3 is 0 Å². The van der Waals surface area contributed by atoms with Gasteiger partial charge in [-0.15, -0.1) is 0 Å². The van der Waals surface area contributed by atoms with Gasteiger partial charge in [-0.1, -0.05) is 0 Å². The van der Waals surface area contributed by atoms with Crippen molar-refractivity contribution in [1.29, 1.82) is 0 Å². The molecule has 1 saturated carbocycles. The van der Waals surface area contributed by atoms with Crippen molar-refractivity contribution in [3.8, 4) is 0 Å². The highest BCUT2D eigenvalue weighted by molar-refractivity contribution is 5.79. The van der Waals surface area contributed by atoms with Gasteiger partial charge in [-0.05, 0) is 19.8 Å². The summed E-state index contributed by atoms with van der Waals surface area (Å²) in [6.07, 6.45) is 2.21. The van der Waals surface area contributed by atoms with E-state index in [9.17, 15) is 4.79 Å². The summed E-state index contributed by atoms with van der Waals surface area (Å²) in [5.74, 6) is 7.54. The fourth-order valence-electron chi connectivity index (χ4n) is 1.87. The lowest BCUT2D eigenvalue weighted by molar-refractivity contribution is -0.116. The molecule has 18 heavy (non-hydrogen) atoms. The average molecular weight is 250 g/mol. The zero-order chi connectivity index (χ0) is 13.3. The maximum Gasteiger partial charge on any atom is 0.236 e. The van der Waals surface area contributed by atoms with Gasteiger partial charge in [0.25, 0.3) is 0 Å². The molecule has 1 fully saturated rings. The highest BCUT2D eigenvalue weighted by Crippen LogP contribution is 2.39. The van der Waals surface area contributed by atoms with E-state index in [1.807, 2.05) is 6.92 Å². The summed E-state index contributed by atoms with van der Waals surface area (Å²) in [6, 6.07) is 0. The van der Waals surface area contributed by atoms with Crippen LogP contribution in [0.2, 0.25) is 0 Å². The van der Waals surface area contributed by atoms with E-state index in [1.165, 1.54) is 0 Å². The summed E-state index contributed by atoms with van der Waals surface area (Å²) in [4.78, 5) is 21.6. The number of likely N-dealkylation sites (N-methyl/N-ethyl adjacent to an activating group) is 1. The first-order valence-electron chi connectivity index (χ1n) is 5.87. The van der Waals surface area contributed by atoms with Crippen molar-refractivity contribution in [3.63, 3.8) is 0 Å². The number of carbonyl (C=O) groups is 1. The molecule has 1 amide bonds. The summed E-state index contributed by atoms with van der Waals surface area (Å²) in [5.41, 5.74) is 8.58. The molecule has 98 valence electrons. The standard InChI is InChI=1S/C11H18N6O/c1-6-9(16-13)14-10(7-3-4-7)15-11(6)17(2)5-8(12)18/h7H,3-5,13H2,1-2H3,(H2,12,18)(H,14,15,16). The zero-order valence-corrected chi connectivity index (χ0v) is 10.6. The van der Waals surface area contributed by atoms with E-state index < -0.39 is 5.91 Å². The highest BCUT2D eigenvalue weighted by Gasteiger charge is 2.28. The number of anilines is 2. The molecule has 1 aromatic rings.